The summed E-state index contributed by atoms with van der Waals surface area (Å²) < 4.78 is 4.01. The predicted octanol–water partition coefficient (Wildman–Crippen LogP) is 6.03. The van der Waals surface area contributed by atoms with Gasteiger partial charge in [-0.1, -0.05) is 31.9 Å². The van der Waals surface area contributed by atoms with E-state index in [0.717, 1.165) is 59.7 Å². The summed E-state index contributed by atoms with van der Waals surface area (Å²) in [5.41, 5.74) is 3.54. The molecule has 182 valence electrons. The lowest BCUT2D eigenvalue weighted by molar-refractivity contribution is 0.102. The number of amides is 1. The van der Waals surface area contributed by atoms with Crippen molar-refractivity contribution in [3.8, 4) is 11.4 Å². The first-order valence-corrected chi connectivity index (χ1v) is 12.6. The molecule has 0 spiro atoms. The number of pyridine rings is 1. The summed E-state index contributed by atoms with van der Waals surface area (Å²) in [6, 6.07) is 7.48. The Morgan fingerprint density at radius 3 is 2.69 bits per heavy atom. The minimum Gasteiger partial charge on any atom is -0.322 e. The lowest BCUT2D eigenvalue weighted by atomic mass is 10.0. The summed E-state index contributed by atoms with van der Waals surface area (Å²) in [5, 5.41) is 17.7. The van der Waals surface area contributed by atoms with E-state index in [9.17, 15) is 4.79 Å². The van der Waals surface area contributed by atoms with Crippen molar-refractivity contribution >= 4 is 34.2 Å². The molecule has 0 aliphatic carbocycles. The largest absolute Gasteiger partial charge is 0.322 e. The molecule has 0 bridgehead atoms. The van der Waals surface area contributed by atoms with Crippen molar-refractivity contribution in [2.24, 2.45) is 0 Å². The number of nitrogens with one attached hydrogen (secondary N) is 1. The normalized spacial score (nSPS) is 13.9. The van der Waals surface area contributed by atoms with Gasteiger partial charge in [-0.15, -0.1) is 10.2 Å². The summed E-state index contributed by atoms with van der Waals surface area (Å²) in [6.45, 7) is 9.11. The zero-order valence-corrected chi connectivity index (χ0v) is 21.3. The molecular formula is C26H30ClN7O. The third-order valence-corrected chi connectivity index (χ3v) is 6.82. The van der Waals surface area contributed by atoms with Gasteiger partial charge in [-0.2, -0.15) is 5.10 Å². The van der Waals surface area contributed by atoms with Gasteiger partial charge in [0.2, 0.25) is 0 Å². The fourth-order valence-electron chi connectivity index (χ4n) is 4.56. The third-order valence-electron chi connectivity index (χ3n) is 6.49. The number of benzene rings is 1. The lowest BCUT2D eigenvalue weighted by Gasteiger charge is -2.13. The van der Waals surface area contributed by atoms with E-state index in [-0.39, 0.29) is 17.9 Å². The Bertz CT molecular complexity index is 1400. The SMILES string of the molecule is CC(C)c1cc(C(=O)Nc2ccc(Cl)c(-c3nnc4n3CCCCC4)c2)c2cnn(C(C)C)c2n1. The molecular weight excluding hydrogens is 462 g/mol. The third kappa shape index (κ3) is 4.43. The molecule has 0 unspecified atom stereocenters. The Balaban J connectivity index is 1.51. The molecule has 0 fully saturated rings. The Kier molecular flexibility index (Phi) is 6.32. The number of hydrogen-bond donors (Lipinski definition) is 1. The van der Waals surface area contributed by atoms with Crippen molar-refractivity contribution in [3.05, 3.63) is 52.6 Å². The molecule has 9 heteroatoms. The summed E-state index contributed by atoms with van der Waals surface area (Å²) in [6.07, 6.45) is 6.03. The average molecular weight is 492 g/mol. The monoisotopic (exact) mass is 491 g/mol. The van der Waals surface area contributed by atoms with Gasteiger partial charge >= 0.3 is 0 Å². The Morgan fingerprint density at radius 1 is 1.09 bits per heavy atom. The van der Waals surface area contributed by atoms with E-state index >= 15 is 0 Å². The van der Waals surface area contributed by atoms with E-state index in [2.05, 4.69) is 52.9 Å². The Hall–Kier alpha value is -3.26. The van der Waals surface area contributed by atoms with Crippen LogP contribution in [0.15, 0.2) is 30.5 Å². The number of halogens is 1. The highest BCUT2D eigenvalue weighted by molar-refractivity contribution is 6.33. The van der Waals surface area contributed by atoms with Gasteiger partial charge in [-0.05, 0) is 56.9 Å². The second kappa shape index (κ2) is 9.41. The summed E-state index contributed by atoms with van der Waals surface area (Å²) in [7, 11) is 0. The van der Waals surface area contributed by atoms with Crippen molar-refractivity contribution in [1.82, 2.24) is 29.5 Å². The zero-order chi connectivity index (χ0) is 24.7. The number of carbonyl (C=O) groups is 1. The first-order chi connectivity index (χ1) is 16.8. The molecule has 35 heavy (non-hydrogen) atoms. The minimum atomic E-state index is -0.212. The van der Waals surface area contributed by atoms with E-state index in [1.807, 2.05) is 22.9 Å². The van der Waals surface area contributed by atoms with Crippen LogP contribution < -0.4 is 5.32 Å². The maximum atomic E-state index is 13.5. The van der Waals surface area contributed by atoms with Crippen molar-refractivity contribution in [2.75, 3.05) is 5.32 Å². The fraction of sp³-hybridized carbons (Fsp3) is 0.423. The molecule has 1 N–H and O–H groups in total. The topological polar surface area (TPSA) is 90.5 Å². The van der Waals surface area contributed by atoms with Crippen molar-refractivity contribution in [2.45, 2.75) is 71.9 Å². The molecule has 5 rings (SSSR count). The molecule has 0 atom stereocenters. The van der Waals surface area contributed by atoms with Crippen LogP contribution in [-0.2, 0) is 13.0 Å². The van der Waals surface area contributed by atoms with Gasteiger partial charge in [-0.25, -0.2) is 9.67 Å². The van der Waals surface area contributed by atoms with Crippen LogP contribution in [0.1, 0.15) is 80.8 Å². The van der Waals surface area contributed by atoms with Crippen LogP contribution in [0.4, 0.5) is 5.69 Å². The number of nitrogens with zero attached hydrogens (tertiary/aromatic N) is 6. The quantitative estimate of drug-likeness (QED) is 0.368. The van der Waals surface area contributed by atoms with Crippen LogP contribution in [0.2, 0.25) is 5.02 Å². The number of aromatic nitrogens is 6. The van der Waals surface area contributed by atoms with Crippen LogP contribution in [-0.4, -0.2) is 35.4 Å². The first-order valence-electron chi connectivity index (χ1n) is 12.2. The van der Waals surface area contributed by atoms with Crippen LogP contribution >= 0.6 is 11.6 Å². The van der Waals surface area contributed by atoms with Crippen molar-refractivity contribution < 1.29 is 4.79 Å². The molecule has 0 saturated heterocycles. The number of hydrogen-bond acceptors (Lipinski definition) is 5. The number of fused-ring (bicyclic) bond motifs is 2. The highest BCUT2D eigenvalue weighted by atomic mass is 35.5. The summed E-state index contributed by atoms with van der Waals surface area (Å²) in [4.78, 5) is 18.3. The Labute approximate surface area is 209 Å². The highest BCUT2D eigenvalue weighted by Crippen LogP contribution is 2.32. The molecule has 8 nitrogen and oxygen atoms in total. The molecule has 1 aliphatic heterocycles. The maximum Gasteiger partial charge on any atom is 0.256 e. The average Bonchev–Trinajstić information content (AvgIpc) is 3.36. The standard InChI is InChI=1S/C26H30ClN7O/c1-15(2)22-13-18(20-14-28-34(16(3)4)24(20)30-22)26(35)29-17-9-10-21(27)19(12-17)25-32-31-23-8-6-5-7-11-33(23)25/h9-10,12-16H,5-8,11H2,1-4H3,(H,29,35). The van der Waals surface area contributed by atoms with Crippen LogP contribution in [0.5, 0.6) is 0 Å². The van der Waals surface area contributed by atoms with Gasteiger partial charge in [0, 0.05) is 36.0 Å². The molecule has 1 aliphatic rings. The fourth-order valence-corrected chi connectivity index (χ4v) is 4.76. The molecule has 4 heterocycles. The number of carbonyl (C=O) groups excluding carboxylic acids is 1. The molecule has 3 aromatic heterocycles. The second-order valence-corrected chi connectivity index (χ2v) is 10.1. The molecule has 0 radical (unpaired) electrons. The number of anilines is 1. The van der Waals surface area contributed by atoms with E-state index < -0.39 is 0 Å². The number of aryl methyl sites for hydroxylation is 1. The van der Waals surface area contributed by atoms with Gasteiger partial charge in [0.05, 0.1) is 22.2 Å². The van der Waals surface area contributed by atoms with Gasteiger partial charge in [0.25, 0.3) is 5.91 Å². The van der Waals surface area contributed by atoms with E-state index in [4.69, 9.17) is 16.6 Å². The van der Waals surface area contributed by atoms with Gasteiger partial charge in [-0.3, -0.25) is 4.79 Å². The maximum absolute atomic E-state index is 13.5. The van der Waals surface area contributed by atoms with Crippen LogP contribution in [0.3, 0.4) is 0 Å². The van der Waals surface area contributed by atoms with Crippen molar-refractivity contribution in [1.29, 1.82) is 0 Å². The van der Waals surface area contributed by atoms with E-state index in [0.29, 0.717) is 16.3 Å². The van der Waals surface area contributed by atoms with E-state index in [1.165, 1.54) is 6.42 Å². The van der Waals surface area contributed by atoms with Gasteiger partial charge in [0.1, 0.15) is 5.82 Å². The summed E-state index contributed by atoms with van der Waals surface area (Å²) in [5.74, 6) is 1.70. The Morgan fingerprint density at radius 2 is 1.91 bits per heavy atom. The lowest BCUT2D eigenvalue weighted by Crippen LogP contribution is -2.14. The molecule has 1 amide bonds. The smallest absolute Gasteiger partial charge is 0.256 e. The highest BCUT2D eigenvalue weighted by Gasteiger charge is 2.21. The van der Waals surface area contributed by atoms with Gasteiger partial charge < -0.3 is 9.88 Å². The van der Waals surface area contributed by atoms with E-state index in [1.54, 1.807) is 12.3 Å². The second-order valence-electron chi connectivity index (χ2n) is 9.72. The number of rotatable bonds is 5. The van der Waals surface area contributed by atoms with Crippen molar-refractivity contribution in [3.63, 3.8) is 0 Å². The molecule has 4 aromatic rings. The van der Waals surface area contributed by atoms with Crippen LogP contribution in [0.25, 0.3) is 22.4 Å². The molecule has 0 saturated carbocycles. The van der Waals surface area contributed by atoms with Gasteiger partial charge in [0.15, 0.2) is 11.5 Å². The zero-order valence-electron chi connectivity index (χ0n) is 20.5. The minimum absolute atomic E-state index is 0.135. The van der Waals surface area contributed by atoms with Crippen LogP contribution in [0, 0.1) is 0 Å². The first kappa shape index (κ1) is 23.5. The summed E-state index contributed by atoms with van der Waals surface area (Å²) >= 11 is 6.58. The predicted molar refractivity (Wildman–Crippen MR) is 138 cm³/mol. The molecule has 1 aromatic carbocycles.